The minimum atomic E-state index is -4.47. The van der Waals surface area contributed by atoms with Gasteiger partial charge in [-0.2, -0.15) is 18.3 Å². The van der Waals surface area contributed by atoms with Crippen LogP contribution in [0, 0.1) is 19.7 Å². The third-order valence-corrected chi connectivity index (χ3v) is 4.82. The Morgan fingerprint density at radius 3 is 2.37 bits per heavy atom. The van der Waals surface area contributed by atoms with Crippen molar-refractivity contribution in [3.63, 3.8) is 0 Å². The maximum absolute atomic E-state index is 13.1. The first-order valence-electron chi connectivity index (χ1n) is 9.20. The molecule has 0 saturated carbocycles. The lowest BCUT2D eigenvalue weighted by atomic mass is 10.1. The first-order valence-corrected chi connectivity index (χ1v) is 9.20. The summed E-state index contributed by atoms with van der Waals surface area (Å²) >= 11 is 0. The normalized spacial score (nSPS) is 12.6. The molecule has 3 aromatic rings. The van der Waals surface area contributed by atoms with Gasteiger partial charge in [-0.3, -0.25) is 4.79 Å². The third kappa shape index (κ3) is 4.67. The number of benzene rings is 1. The molecule has 1 aromatic carbocycles. The molecule has 5 nitrogen and oxygen atoms in total. The van der Waals surface area contributed by atoms with Gasteiger partial charge >= 0.3 is 6.18 Å². The first kappa shape index (κ1) is 21.5. The summed E-state index contributed by atoms with van der Waals surface area (Å²) in [5.41, 5.74) is 1.79. The summed E-state index contributed by atoms with van der Waals surface area (Å²) in [6, 6.07) is 7.72. The highest BCUT2D eigenvalue weighted by Crippen LogP contribution is 2.29. The molecule has 1 amide bonds. The number of hydrogen-bond donors (Lipinski definition) is 1. The largest absolute Gasteiger partial charge is 0.417 e. The van der Waals surface area contributed by atoms with Crippen LogP contribution in [0.2, 0.25) is 0 Å². The number of nitrogens with one attached hydrogen (secondary N) is 1. The molecule has 30 heavy (non-hydrogen) atoms. The number of rotatable bonds is 5. The van der Waals surface area contributed by atoms with Crippen LogP contribution >= 0.6 is 0 Å². The van der Waals surface area contributed by atoms with Crippen molar-refractivity contribution in [1.29, 1.82) is 0 Å². The molecular formula is C21H20F4N4O. The van der Waals surface area contributed by atoms with Crippen molar-refractivity contribution in [2.45, 2.75) is 39.4 Å². The van der Waals surface area contributed by atoms with Crippen molar-refractivity contribution in [3.05, 3.63) is 76.5 Å². The average molecular weight is 420 g/mol. The van der Waals surface area contributed by atoms with Gasteiger partial charge in [0.2, 0.25) is 5.91 Å². The minimum absolute atomic E-state index is 0.0455. The van der Waals surface area contributed by atoms with Crippen LogP contribution in [0.1, 0.15) is 41.0 Å². The van der Waals surface area contributed by atoms with Gasteiger partial charge in [0.15, 0.2) is 5.82 Å². The van der Waals surface area contributed by atoms with Crippen LogP contribution in [0.5, 0.6) is 0 Å². The molecule has 2 aromatic heterocycles. The molecule has 0 fully saturated rings. The van der Waals surface area contributed by atoms with Crippen LogP contribution in [0.25, 0.3) is 5.82 Å². The van der Waals surface area contributed by atoms with E-state index >= 15 is 0 Å². The molecule has 0 unspecified atom stereocenters. The van der Waals surface area contributed by atoms with E-state index in [-0.39, 0.29) is 30.0 Å². The van der Waals surface area contributed by atoms with Gasteiger partial charge in [-0.15, -0.1) is 0 Å². The van der Waals surface area contributed by atoms with Crippen molar-refractivity contribution in [3.8, 4) is 5.82 Å². The molecule has 0 saturated heterocycles. The highest BCUT2D eigenvalue weighted by atomic mass is 19.4. The molecule has 0 spiro atoms. The van der Waals surface area contributed by atoms with Crippen molar-refractivity contribution in [2.75, 3.05) is 0 Å². The Kier molecular flexibility index (Phi) is 5.91. The molecule has 9 heteroatoms. The van der Waals surface area contributed by atoms with Crippen molar-refractivity contribution in [2.24, 2.45) is 0 Å². The number of carbonyl (C=O) groups excluding carboxylic acids is 1. The van der Waals surface area contributed by atoms with E-state index < -0.39 is 11.7 Å². The number of aromatic nitrogens is 3. The predicted molar refractivity (Wildman–Crippen MR) is 102 cm³/mol. The Morgan fingerprint density at radius 1 is 1.13 bits per heavy atom. The summed E-state index contributed by atoms with van der Waals surface area (Å²) in [6.07, 6.45) is -3.67. The molecule has 0 radical (unpaired) electrons. The zero-order chi connectivity index (χ0) is 22.1. The molecule has 0 aliphatic heterocycles. The molecule has 0 bridgehead atoms. The molecular weight excluding hydrogens is 400 g/mol. The fraction of sp³-hybridized carbons (Fsp3) is 0.286. The fourth-order valence-corrected chi connectivity index (χ4v) is 3.12. The van der Waals surface area contributed by atoms with Gasteiger partial charge in [-0.05, 0) is 50.6 Å². The van der Waals surface area contributed by atoms with E-state index in [0.29, 0.717) is 17.0 Å². The number of hydrogen-bond acceptors (Lipinski definition) is 3. The molecule has 3 rings (SSSR count). The van der Waals surface area contributed by atoms with Crippen molar-refractivity contribution < 1.29 is 22.4 Å². The summed E-state index contributed by atoms with van der Waals surface area (Å²) in [6.45, 7) is 5.24. The third-order valence-electron chi connectivity index (χ3n) is 4.82. The zero-order valence-corrected chi connectivity index (χ0v) is 16.6. The SMILES string of the molecule is Cc1nn(-c2ccc(C(F)(F)F)cn2)c(C)c1CC(=O)N[C@@H](C)c1ccc(F)cc1. The lowest BCUT2D eigenvalue weighted by molar-refractivity contribution is -0.137. The quantitative estimate of drug-likeness (QED) is 0.620. The summed E-state index contributed by atoms with van der Waals surface area (Å²) < 4.78 is 52.7. The van der Waals surface area contributed by atoms with E-state index in [1.165, 1.54) is 22.9 Å². The van der Waals surface area contributed by atoms with E-state index in [9.17, 15) is 22.4 Å². The Bertz CT molecular complexity index is 1040. The molecule has 1 atom stereocenters. The predicted octanol–water partition coefficient (Wildman–Crippen LogP) is 4.46. The molecule has 2 heterocycles. The van der Waals surface area contributed by atoms with E-state index in [1.807, 2.05) is 0 Å². The van der Waals surface area contributed by atoms with Crippen LogP contribution in [0.15, 0.2) is 42.6 Å². The smallest absolute Gasteiger partial charge is 0.349 e. The molecule has 1 N–H and O–H groups in total. The van der Waals surface area contributed by atoms with Crippen LogP contribution in [-0.4, -0.2) is 20.7 Å². The number of pyridine rings is 1. The molecule has 0 aliphatic rings. The van der Waals surface area contributed by atoms with Crippen LogP contribution in [0.4, 0.5) is 17.6 Å². The highest BCUT2D eigenvalue weighted by molar-refractivity contribution is 5.79. The van der Waals surface area contributed by atoms with Gasteiger partial charge in [-0.25, -0.2) is 14.1 Å². The van der Waals surface area contributed by atoms with E-state index in [1.54, 1.807) is 32.9 Å². The van der Waals surface area contributed by atoms with Gasteiger partial charge in [0.1, 0.15) is 5.82 Å². The highest BCUT2D eigenvalue weighted by Gasteiger charge is 2.31. The van der Waals surface area contributed by atoms with Crippen LogP contribution < -0.4 is 5.32 Å². The summed E-state index contributed by atoms with van der Waals surface area (Å²) in [7, 11) is 0. The summed E-state index contributed by atoms with van der Waals surface area (Å²) in [4.78, 5) is 16.4. The molecule has 158 valence electrons. The van der Waals surface area contributed by atoms with Crippen molar-refractivity contribution >= 4 is 5.91 Å². The topological polar surface area (TPSA) is 59.8 Å². The summed E-state index contributed by atoms with van der Waals surface area (Å²) in [5, 5.41) is 7.18. The second kappa shape index (κ2) is 8.25. The Morgan fingerprint density at radius 2 is 1.80 bits per heavy atom. The minimum Gasteiger partial charge on any atom is -0.349 e. The number of halogens is 4. The number of amides is 1. The number of alkyl halides is 3. The van der Waals surface area contributed by atoms with Gasteiger partial charge in [0.05, 0.1) is 23.7 Å². The number of aryl methyl sites for hydroxylation is 1. The van der Waals surface area contributed by atoms with Gasteiger partial charge in [0, 0.05) is 17.5 Å². The maximum atomic E-state index is 13.1. The summed E-state index contributed by atoms with van der Waals surface area (Å²) in [5.74, 6) is -0.374. The maximum Gasteiger partial charge on any atom is 0.417 e. The fourth-order valence-electron chi connectivity index (χ4n) is 3.12. The van der Waals surface area contributed by atoms with Gasteiger partial charge < -0.3 is 5.32 Å². The molecule has 0 aliphatic carbocycles. The standard InChI is InChI=1S/C21H20F4N4O/c1-12(15-4-7-17(22)8-5-15)27-20(30)10-18-13(2)28-29(14(18)3)19-9-6-16(11-26-19)21(23,24)25/h4-9,11-12H,10H2,1-3H3,(H,27,30)/t12-/m0/s1. The number of carbonyl (C=O) groups is 1. The van der Waals surface area contributed by atoms with E-state index in [0.717, 1.165) is 17.8 Å². The second-order valence-electron chi connectivity index (χ2n) is 6.98. The van der Waals surface area contributed by atoms with Crippen LogP contribution in [-0.2, 0) is 17.4 Å². The Labute approximate surface area is 170 Å². The average Bonchev–Trinajstić information content (AvgIpc) is 2.96. The van der Waals surface area contributed by atoms with Gasteiger partial charge in [0.25, 0.3) is 0 Å². The van der Waals surface area contributed by atoms with E-state index in [4.69, 9.17) is 0 Å². The zero-order valence-electron chi connectivity index (χ0n) is 16.6. The lowest BCUT2D eigenvalue weighted by Crippen LogP contribution is -2.28. The number of nitrogens with zero attached hydrogens (tertiary/aromatic N) is 3. The van der Waals surface area contributed by atoms with E-state index in [2.05, 4.69) is 15.4 Å². The Hall–Kier alpha value is -3.23. The second-order valence-corrected chi connectivity index (χ2v) is 6.98. The van der Waals surface area contributed by atoms with Crippen LogP contribution in [0.3, 0.4) is 0 Å². The first-order chi connectivity index (χ1) is 14.1. The van der Waals surface area contributed by atoms with Crippen molar-refractivity contribution in [1.82, 2.24) is 20.1 Å². The Balaban J connectivity index is 1.75. The lowest BCUT2D eigenvalue weighted by Gasteiger charge is -2.14. The van der Waals surface area contributed by atoms with Gasteiger partial charge in [-0.1, -0.05) is 12.1 Å². The monoisotopic (exact) mass is 420 g/mol.